The van der Waals surface area contributed by atoms with E-state index >= 15 is 0 Å². The van der Waals surface area contributed by atoms with Crippen LogP contribution in [-0.4, -0.2) is 46.5 Å². The monoisotopic (exact) mass is 425 g/mol. The van der Waals surface area contributed by atoms with Crippen LogP contribution in [-0.2, 0) is 0 Å². The highest BCUT2D eigenvalue weighted by molar-refractivity contribution is 5.90. The molecule has 2 aromatic carbocycles. The van der Waals surface area contributed by atoms with Crippen molar-refractivity contribution in [2.75, 3.05) is 36.4 Å². The smallest absolute Gasteiger partial charge is 0.322 e. The molecule has 5 rings (SSSR count). The van der Waals surface area contributed by atoms with Crippen molar-refractivity contribution in [1.29, 1.82) is 0 Å². The molecule has 2 aromatic heterocycles. The minimum absolute atomic E-state index is 0.194. The molecule has 0 bridgehead atoms. The topological polar surface area (TPSA) is 52.9 Å². The molecule has 1 N–H and O–H groups in total. The number of fused-ring (bicyclic) bond motifs is 3. The van der Waals surface area contributed by atoms with Crippen LogP contribution >= 0.6 is 0 Å². The number of carbonyl (C=O) groups excluding carboxylic acids is 1. The predicted octanol–water partition coefficient (Wildman–Crippen LogP) is 4.26. The van der Waals surface area contributed by atoms with Crippen molar-refractivity contribution in [2.45, 2.75) is 0 Å². The lowest BCUT2D eigenvalue weighted by atomic mass is 10.2. The number of aromatic nitrogens is 2. The Morgan fingerprint density at radius 3 is 2.45 bits per heavy atom. The normalized spacial score (nSPS) is 14.4. The Morgan fingerprint density at radius 2 is 1.65 bits per heavy atom. The van der Waals surface area contributed by atoms with Gasteiger partial charge < -0.3 is 19.5 Å². The molecule has 6 nitrogen and oxygen atoms in total. The Labute approximate surface area is 175 Å². The average molecular weight is 425 g/mol. The second-order valence-electron chi connectivity index (χ2n) is 7.36. The molecular formula is C22H18F3N5O. The lowest BCUT2D eigenvalue weighted by molar-refractivity contribution is 0.208. The van der Waals surface area contributed by atoms with E-state index in [2.05, 4.69) is 10.3 Å². The Balaban J connectivity index is 1.35. The van der Waals surface area contributed by atoms with Gasteiger partial charge >= 0.3 is 6.03 Å². The SMILES string of the molecule is O=C(Nc1cc(F)ccc1F)N1CCN(c2nc3cc(F)ccc3n3cccc23)CC1. The molecule has 0 unspecified atom stereocenters. The van der Waals surface area contributed by atoms with Crippen molar-refractivity contribution in [3.63, 3.8) is 0 Å². The summed E-state index contributed by atoms with van der Waals surface area (Å²) in [5, 5.41) is 2.42. The highest BCUT2D eigenvalue weighted by Gasteiger charge is 2.24. The maximum absolute atomic E-state index is 13.8. The molecule has 1 saturated heterocycles. The van der Waals surface area contributed by atoms with Crippen molar-refractivity contribution < 1.29 is 18.0 Å². The molecule has 2 amide bonds. The summed E-state index contributed by atoms with van der Waals surface area (Å²) in [4.78, 5) is 20.7. The van der Waals surface area contributed by atoms with E-state index < -0.39 is 17.7 Å². The highest BCUT2D eigenvalue weighted by Crippen LogP contribution is 2.27. The van der Waals surface area contributed by atoms with Gasteiger partial charge in [-0.05, 0) is 36.4 Å². The van der Waals surface area contributed by atoms with E-state index in [-0.39, 0.29) is 11.5 Å². The Bertz CT molecular complexity index is 1300. The molecule has 0 aliphatic carbocycles. The number of benzene rings is 2. The van der Waals surface area contributed by atoms with E-state index in [4.69, 9.17) is 0 Å². The highest BCUT2D eigenvalue weighted by atomic mass is 19.1. The van der Waals surface area contributed by atoms with Crippen LogP contribution in [0.3, 0.4) is 0 Å². The lowest BCUT2D eigenvalue weighted by Gasteiger charge is -2.35. The second-order valence-corrected chi connectivity index (χ2v) is 7.36. The summed E-state index contributed by atoms with van der Waals surface area (Å²) >= 11 is 0. The fraction of sp³-hybridized carbons (Fsp3) is 0.182. The number of hydrogen-bond donors (Lipinski definition) is 1. The van der Waals surface area contributed by atoms with E-state index in [1.807, 2.05) is 27.6 Å². The summed E-state index contributed by atoms with van der Waals surface area (Å²) in [5.74, 6) is -0.976. The predicted molar refractivity (Wildman–Crippen MR) is 112 cm³/mol. The molecule has 1 fully saturated rings. The molecule has 0 spiro atoms. The summed E-state index contributed by atoms with van der Waals surface area (Å²) in [6.07, 6.45) is 1.90. The average Bonchev–Trinajstić information content (AvgIpc) is 3.25. The summed E-state index contributed by atoms with van der Waals surface area (Å²) in [6, 6.07) is 10.8. The molecule has 1 aliphatic rings. The van der Waals surface area contributed by atoms with E-state index in [1.165, 1.54) is 17.0 Å². The number of nitrogens with one attached hydrogen (secondary N) is 1. The standard InChI is InChI=1S/C22H18F3N5O/c23-14-3-5-16(25)17(12-14)27-22(31)29-10-8-28(9-11-29)21-20-2-1-7-30(20)19-6-4-15(24)13-18(19)26-21/h1-7,12-13H,8-11H2,(H,27,31). The molecule has 0 radical (unpaired) electrons. The van der Waals surface area contributed by atoms with Crippen LogP contribution in [0.25, 0.3) is 16.6 Å². The van der Waals surface area contributed by atoms with Gasteiger partial charge in [-0.1, -0.05) is 0 Å². The third-order valence-corrected chi connectivity index (χ3v) is 5.44. The second kappa shape index (κ2) is 7.50. The maximum atomic E-state index is 13.8. The molecule has 9 heteroatoms. The van der Waals surface area contributed by atoms with Crippen LogP contribution in [0.15, 0.2) is 54.7 Å². The van der Waals surface area contributed by atoms with Crippen LogP contribution in [0.1, 0.15) is 0 Å². The molecular weight excluding hydrogens is 407 g/mol. The fourth-order valence-corrected chi connectivity index (χ4v) is 3.88. The van der Waals surface area contributed by atoms with Gasteiger partial charge in [0.2, 0.25) is 0 Å². The molecule has 4 aromatic rings. The Kier molecular flexibility index (Phi) is 4.65. The molecule has 0 atom stereocenters. The first-order valence-corrected chi connectivity index (χ1v) is 9.82. The molecule has 31 heavy (non-hydrogen) atoms. The summed E-state index contributed by atoms with van der Waals surface area (Å²) in [5.41, 5.74) is 2.04. The quantitative estimate of drug-likeness (QED) is 0.522. The van der Waals surface area contributed by atoms with Gasteiger partial charge in [0.25, 0.3) is 0 Å². The van der Waals surface area contributed by atoms with Gasteiger partial charge in [-0.3, -0.25) is 0 Å². The van der Waals surface area contributed by atoms with Crippen LogP contribution in [0.2, 0.25) is 0 Å². The first kappa shape index (κ1) is 19.2. The van der Waals surface area contributed by atoms with Crippen molar-refractivity contribution >= 4 is 34.1 Å². The molecule has 158 valence electrons. The molecule has 0 saturated carbocycles. The van der Waals surface area contributed by atoms with Crippen molar-refractivity contribution in [1.82, 2.24) is 14.3 Å². The first-order valence-electron chi connectivity index (χ1n) is 9.82. The van der Waals surface area contributed by atoms with Crippen LogP contribution in [0, 0.1) is 17.5 Å². The van der Waals surface area contributed by atoms with Crippen molar-refractivity contribution in [3.05, 3.63) is 72.2 Å². The number of anilines is 2. The fourth-order valence-electron chi connectivity index (χ4n) is 3.88. The largest absolute Gasteiger partial charge is 0.351 e. The van der Waals surface area contributed by atoms with E-state index in [0.29, 0.717) is 37.5 Å². The maximum Gasteiger partial charge on any atom is 0.322 e. The van der Waals surface area contributed by atoms with Gasteiger partial charge in [0.05, 0.1) is 22.2 Å². The van der Waals surface area contributed by atoms with Gasteiger partial charge in [-0.15, -0.1) is 0 Å². The molecule has 1 aliphatic heterocycles. The number of urea groups is 1. The summed E-state index contributed by atoms with van der Waals surface area (Å²) in [6.45, 7) is 1.73. The summed E-state index contributed by atoms with van der Waals surface area (Å²) < 4.78 is 42.9. The first-order chi connectivity index (χ1) is 15.0. The Morgan fingerprint density at radius 1 is 0.903 bits per heavy atom. The summed E-state index contributed by atoms with van der Waals surface area (Å²) in [7, 11) is 0. The minimum Gasteiger partial charge on any atom is -0.351 e. The number of amides is 2. The van der Waals surface area contributed by atoms with Crippen LogP contribution in [0.4, 0.5) is 29.5 Å². The lowest BCUT2D eigenvalue weighted by Crippen LogP contribution is -2.50. The minimum atomic E-state index is -0.698. The number of halogens is 3. The van der Waals surface area contributed by atoms with E-state index in [9.17, 15) is 18.0 Å². The zero-order valence-electron chi connectivity index (χ0n) is 16.4. The van der Waals surface area contributed by atoms with Gasteiger partial charge in [-0.2, -0.15) is 0 Å². The van der Waals surface area contributed by atoms with Gasteiger partial charge in [0.1, 0.15) is 17.5 Å². The Hall–Kier alpha value is -3.75. The zero-order chi connectivity index (χ0) is 21.5. The van der Waals surface area contributed by atoms with Gasteiger partial charge in [-0.25, -0.2) is 22.9 Å². The number of hydrogen-bond acceptors (Lipinski definition) is 3. The third-order valence-electron chi connectivity index (χ3n) is 5.44. The van der Waals surface area contributed by atoms with Gasteiger partial charge in [0, 0.05) is 44.5 Å². The third kappa shape index (κ3) is 3.52. The van der Waals surface area contributed by atoms with E-state index in [0.717, 1.165) is 29.2 Å². The van der Waals surface area contributed by atoms with Gasteiger partial charge in [0.15, 0.2) is 5.82 Å². The van der Waals surface area contributed by atoms with Crippen LogP contribution in [0.5, 0.6) is 0 Å². The number of carbonyl (C=O) groups is 1. The number of rotatable bonds is 2. The van der Waals surface area contributed by atoms with E-state index in [1.54, 1.807) is 6.07 Å². The van der Waals surface area contributed by atoms with Crippen molar-refractivity contribution in [2.24, 2.45) is 0 Å². The van der Waals surface area contributed by atoms with Crippen molar-refractivity contribution in [3.8, 4) is 0 Å². The number of piperazine rings is 1. The van der Waals surface area contributed by atoms with Crippen LogP contribution < -0.4 is 10.2 Å². The number of nitrogens with zero attached hydrogens (tertiary/aromatic N) is 4. The molecule has 3 heterocycles. The zero-order valence-corrected chi connectivity index (χ0v) is 16.4.